The number of nitrogens with two attached hydrogens (primary N) is 1. The number of nitrogens with zero attached hydrogens (tertiary/aromatic N) is 2. The van der Waals surface area contributed by atoms with Gasteiger partial charge in [0, 0.05) is 18.4 Å². The van der Waals surface area contributed by atoms with Crippen molar-refractivity contribution in [1.82, 2.24) is 9.55 Å². The maximum absolute atomic E-state index is 6.37. The van der Waals surface area contributed by atoms with E-state index in [0.29, 0.717) is 12.0 Å². The highest BCUT2D eigenvalue weighted by atomic mass is 15.2. The van der Waals surface area contributed by atoms with Gasteiger partial charge in [-0.3, -0.25) is 0 Å². The maximum atomic E-state index is 6.37. The van der Waals surface area contributed by atoms with Crippen LogP contribution < -0.4 is 5.73 Å². The Morgan fingerprint density at radius 2 is 1.94 bits per heavy atom. The van der Waals surface area contributed by atoms with Gasteiger partial charge in [0.1, 0.15) is 11.6 Å². The summed E-state index contributed by atoms with van der Waals surface area (Å²) >= 11 is 0. The Labute approximate surface area is 111 Å². The lowest BCUT2D eigenvalue weighted by Gasteiger charge is -2.20. The maximum Gasteiger partial charge on any atom is 0.127 e. The minimum atomic E-state index is 0.413. The lowest BCUT2D eigenvalue weighted by Crippen LogP contribution is -2.11. The van der Waals surface area contributed by atoms with Crippen LogP contribution in [-0.2, 0) is 6.42 Å². The van der Waals surface area contributed by atoms with Gasteiger partial charge in [0.05, 0.1) is 5.69 Å². The SMILES string of the molecule is CCCc1nc(C2CCCCC2)c(N)n1C(C)C. The van der Waals surface area contributed by atoms with E-state index >= 15 is 0 Å². The fraction of sp³-hybridized carbons (Fsp3) is 0.800. The third-order valence-corrected chi connectivity index (χ3v) is 4.03. The first-order valence-corrected chi connectivity index (χ1v) is 7.51. The fourth-order valence-corrected chi connectivity index (χ4v) is 3.17. The molecule has 1 aliphatic rings. The zero-order valence-electron chi connectivity index (χ0n) is 12.1. The number of aryl methyl sites for hydroxylation is 1. The number of aromatic nitrogens is 2. The van der Waals surface area contributed by atoms with Gasteiger partial charge in [-0.1, -0.05) is 26.2 Å². The quantitative estimate of drug-likeness (QED) is 0.875. The molecule has 0 atom stereocenters. The molecule has 0 radical (unpaired) electrons. The number of imidazole rings is 1. The summed E-state index contributed by atoms with van der Waals surface area (Å²) in [5.74, 6) is 2.72. The van der Waals surface area contributed by atoms with Gasteiger partial charge in [-0.15, -0.1) is 0 Å². The van der Waals surface area contributed by atoms with Crippen LogP contribution in [0.25, 0.3) is 0 Å². The van der Waals surface area contributed by atoms with Crippen molar-refractivity contribution >= 4 is 5.82 Å². The molecular formula is C15H27N3. The van der Waals surface area contributed by atoms with Crippen LogP contribution >= 0.6 is 0 Å². The van der Waals surface area contributed by atoms with Gasteiger partial charge in [-0.05, 0) is 33.1 Å². The first-order valence-electron chi connectivity index (χ1n) is 7.51. The van der Waals surface area contributed by atoms with Gasteiger partial charge < -0.3 is 10.3 Å². The Bertz CT molecular complexity index is 387. The second kappa shape index (κ2) is 5.77. The summed E-state index contributed by atoms with van der Waals surface area (Å²) in [6.45, 7) is 6.60. The zero-order chi connectivity index (χ0) is 13.1. The molecule has 1 aliphatic carbocycles. The average molecular weight is 249 g/mol. The van der Waals surface area contributed by atoms with Crippen LogP contribution in [0, 0.1) is 0 Å². The number of nitrogen functional groups attached to an aromatic ring is 1. The summed E-state index contributed by atoms with van der Waals surface area (Å²) in [4.78, 5) is 4.88. The van der Waals surface area contributed by atoms with E-state index in [0.717, 1.165) is 18.7 Å². The lowest BCUT2D eigenvalue weighted by atomic mass is 9.87. The molecule has 1 fully saturated rings. The van der Waals surface area contributed by atoms with Crippen LogP contribution in [0.2, 0.25) is 0 Å². The molecule has 0 saturated heterocycles. The molecule has 3 nitrogen and oxygen atoms in total. The molecule has 0 aliphatic heterocycles. The highest BCUT2D eigenvalue weighted by molar-refractivity contribution is 5.41. The van der Waals surface area contributed by atoms with Crippen molar-refractivity contribution in [2.45, 2.75) is 77.7 Å². The number of anilines is 1. The molecule has 0 amide bonds. The van der Waals surface area contributed by atoms with Crippen molar-refractivity contribution in [2.75, 3.05) is 5.73 Å². The zero-order valence-corrected chi connectivity index (χ0v) is 12.1. The summed E-state index contributed by atoms with van der Waals surface area (Å²) in [6.07, 6.45) is 8.75. The highest BCUT2D eigenvalue weighted by Crippen LogP contribution is 2.36. The number of rotatable bonds is 4. The molecule has 2 rings (SSSR count). The Balaban J connectivity index is 2.32. The van der Waals surface area contributed by atoms with Gasteiger partial charge in [0.2, 0.25) is 0 Å². The topological polar surface area (TPSA) is 43.8 Å². The first-order chi connectivity index (χ1) is 8.65. The molecule has 3 heteroatoms. The van der Waals surface area contributed by atoms with Crippen molar-refractivity contribution in [1.29, 1.82) is 0 Å². The Morgan fingerprint density at radius 1 is 1.28 bits per heavy atom. The molecule has 1 saturated carbocycles. The van der Waals surface area contributed by atoms with E-state index in [2.05, 4.69) is 25.3 Å². The summed E-state index contributed by atoms with van der Waals surface area (Å²) in [5.41, 5.74) is 7.55. The standard InChI is InChI=1S/C15H27N3/c1-4-8-13-17-14(12-9-6-5-7-10-12)15(16)18(13)11(2)3/h11-12H,4-10,16H2,1-3H3. The minimum absolute atomic E-state index is 0.413. The molecule has 1 aromatic heterocycles. The van der Waals surface area contributed by atoms with Gasteiger partial charge in [0.25, 0.3) is 0 Å². The predicted octanol–water partition coefficient (Wildman–Crippen LogP) is 4.05. The molecule has 1 heterocycles. The predicted molar refractivity (Wildman–Crippen MR) is 76.8 cm³/mol. The molecule has 0 aromatic carbocycles. The molecule has 0 bridgehead atoms. The Hall–Kier alpha value is -0.990. The molecule has 0 spiro atoms. The third kappa shape index (κ3) is 2.55. The molecular weight excluding hydrogens is 222 g/mol. The smallest absolute Gasteiger partial charge is 0.127 e. The van der Waals surface area contributed by atoms with E-state index in [1.165, 1.54) is 43.6 Å². The van der Waals surface area contributed by atoms with Crippen molar-refractivity contribution < 1.29 is 0 Å². The van der Waals surface area contributed by atoms with Gasteiger partial charge in [-0.2, -0.15) is 0 Å². The minimum Gasteiger partial charge on any atom is -0.384 e. The molecule has 1 aromatic rings. The second-order valence-corrected chi connectivity index (χ2v) is 5.85. The van der Waals surface area contributed by atoms with Gasteiger partial charge >= 0.3 is 0 Å². The average Bonchev–Trinajstić information content (AvgIpc) is 2.68. The van der Waals surface area contributed by atoms with Crippen LogP contribution in [0.15, 0.2) is 0 Å². The molecule has 2 N–H and O–H groups in total. The van der Waals surface area contributed by atoms with Crippen LogP contribution in [0.5, 0.6) is 0 Å². The van der Waals surface area contributed by atoms with E-state index in [4.69, 9.17) is 10.7 Å². The molecule has 102 valence electrons. The van der Waals surface area contributed by atoms with Crippen molar-refractivity contribution in [3.8, 4) is 0 Å². The van der Waals surface area contributed by atoms with E-state index in [1.807, 2.05) is 0 Å². The lowest BCUT2D eigenvalue weighted by molar-refractivity contribution is 0.438. The largest absolute Gasteiger partial charge is 0.384 e. The number of hydrogen-bond donors (Lipinski definition) is 1. The third-order valence-electron chi connectivity index (χ3n) is 4.03. The van der Waals surface area contributed by atoms with Crippen molar-refractivity contribution in [3.05, 3.63) is 11.5 Å². The van der Waals surface area contributed by atoms with Gasteiger partial charge in [-0.25, -0.2) is 4.98 Å². The summed E-state index contributed by atoms with van der Waals surface area (Å²) in [6, 6.07) is 0.413. The highest BCUT2D eigenvalue weighted by Gasteiger charge is 2.24. The Kier molecular flexibility index (Phi) is 4.31. The summed E-state index contributed by atoms with van der Waals surface area (Å²) in [5, 5.41) is 0. The van der Waals surface area contributed by atoms with E-state index in [9.17, 15) is 0 Å². The Morgan fingerprint density at radius 3 is 2.50 bits per heavy atom. The van der Waals surface area contributed by atoms with Crippen molar-refractivity contribution in [2.24, 2.45) is 0 Å². The van der Waals surface area contributed by atoms with Crippen LogP contribution in [0.1, 0.15) is 82.8 Å². The van der Waals surface area contributed by atoms with Crippen LogP contribution in [-0.4, -0.2) is 9.55 Å². The molecule has 0 unspecified atom stereocenters. The summed E-state index contributed by atoms with van der Waals surface area (Å²) < 4.78 is 2.24. The van der Waals surface area contributed by atoms with Crippen LogP contribution in [0.3, 0.4) is 0 Å². The van der Waals surface area contributed by atoms with Gasteiger partial charge in [0.15, 0.2) is 0 Å². The summed E-state index contributed by atoms with van der Waals surface area (Å²) in [7, 11) is 0. The monoisotopic (exact) mass is 249 g/mol. The fourth-order valence-electron chi connectivity index (χ4n) is 3.17. The van der Waals surface area contributed by atoms with Crippen LogP contribution in [0.4, 0.5) is 5.82 Å². The van der Waals surface area contributed by atoms with E-state index in [-0.39, 0.29) is 0 Å². The normalized spacial score (nSPS) is 17.6. The van der Waals surface area contributed by atoms with Crippen molar-refractivity contribution in [3.63, 3.8) is 0 Å². The first kappa shape index (κ1) is 13.4. The molecule has 18 heavy (non-hydrogen) atoms. The van der Waals surface area contributed by atoms with E-state index in [1.54, 1.807) is 0 Å². The van der Waals surface area contributed by atoms with E-state index < -0.39 is 0 Å². The number of hydrogen-bond acceptors (Lipinski definition) is 2. The second-order valence-electron chi connectivity index (χ2n) is 5.85.